The number of aromatic nitrogens is 1. The van der Waals surface area contributed by atoms with Crippen LogP contribution in [0.15, 0.2) is 41.0 Å². The van der Waals surface area contributed by atoms with Gasteiger partial charge in [0.2, 0.25) is 0 Å². The number of pyridine rings is 1. The summed E-state index contributed by atoms with van der Waals surface area (Å²) in [6, 6.07) is 10.3. The van der Waals surface area contributed by atoms with Gasteiger partial charge in [-0.25, -0.2) is 4.98 Å². The van der Waals surface area contributed by atoms with Gasteiger partial charge in [0.25, 0.3) is 0 Å². The quantitative estimate of drug-likeness (QED) is 0.904. The van der Waals surface area contributed by atoms with E-state index in [1.807, 2.05) is 25.1 Å². The number of aryl methyl sites for hydroxylation is 1. The minimum atomic E-state index is 0.152. The van der Waals surface area contributed by atoms with Crippen molar-refractivity contribution < 1.29 is 0 Å². The molecule has 1 unspecified atom stereocenters. The highest BCUT2D eigenvalue weighted by atomic mass is 79.9. The van der Waals surface area contributed by atoms with Gasteiger partial charge in [-0.3, -0.25) is 0 Å². The number of benzene rings is 1. The van der Waals surface area contributed by atoms with Gasteiger partial charge in [0, 0.05) is 10.7 Å². The normalized spacial score (nSPS) is 12.2. The molecule has 0 amide bonds. The Morgan fingerprint density at radius 1 is 1.33 bits per heavy atom. The van der Waals surface area contributed by atoms with Crippen molar-refractivity contribution >= 4 is 27.4 Å². The Hall–Kier alpha value is -1.55. The first-order valence-electron chi connectivity index (χ1n) is 5.81. The van der Waals surface area contributed by atoms with Crippen LogP contribution in [0.5, 0.6) is 0 Å². The van der Waals surface area contributed by atoms with E-state index in [0.29, 0.717) is 5.69 Å². The van der Waals surface area contributed by atoms with Crippen LogP contribution in [0.4, 0.5) is 11.5 Å². The maximum absolute atomic E-state index is 6.00. The Labute approximate surface area is 116 Å². The van der Waals surface area contributed by atoms with E-state index in [0.717, 1.165) is 15.9 Å². The van der Waals surface area contributed by atoms with Crippen LogP contribution in [-0.2, 0) is 0 Å². The monoisotopic (exact) mass is 305 g/mol. The van der Waals surface area contributed by atoms with Gasteiger partial charge in [-0.05, 0) is 43.2 Å². The molecule has 3 N–H and O–H groups in total. The first kappa shape index (κ1) is 12.9. The number of rotatable bonds is 3. The largest absolute Gasteiger partial charge is 0.396 e. The van der Waals surface area contributed by atoms with E-state index in [9.17, 15) is 0 Å². The van der Waals surface area contributed by atoms with Crippen LogP contribution in [0, 0.1) is 6.92 Å². The van der Waals surface area contributed by atoms with Gasteiger partial charge in [0.05, 0.1) is 11.7 Å². The highest BCUT2D eigenvalue weighted by molar-refractivity contribution is 9.10. The van der Waals surface area contributed by atoms with Crippen molar-refractivity contribution in [1.82, 2.24) is 4.98 Å². The number of nitrogens with zero attached hydrogens (tertiary/aromatic N) is 1. The van der Waals surface area contributed by atoms with Crippen molar-refractivity contribution in [3.8, 4) is 0 Å². The zero-order chi connectivity index (χ0) is 13.1. The number of nitrogen functional groups attached to an aromatic ring is 1. The lowest BCUT2D eigenvalue weighted by atomic mass is 10.1. The minimum absolute atomic E-state index is 0.152. The number of halogens is 1. The predicted octanol–water partition coefficient (Wildman–Crippen LogP) is 3.91. The molecule has 1 aromatic carbocycles. The molecule has 94 valence electrons. The fraction of sp³-hybridized carbons (Fsp3) is 0.214. The van der Waals surface area contributed by atoms with Gasteiger partial charge in [-0.15, -0.1) is 0 Å². The van der Waals surface area contributed by atoms with Gasteiger partial charge in [-0.2, -0.15) is 0 Å². The molecule has 0 aliphatic rings. The van der Waals surface area contributed by atoms with Crippen LogP contribution >= 0.6 is 15.9 Å². The van der Waals surface area contributed by atoms with Crippen LogP contribution in [0.3, 0.4) is 0 Å². The minimum Gasteiger partial charge on any atom is -0.396 e. The second kappa shape index (κ2) is 5.40. The topological polar surface area (TPSA) is 50.9 Å². The lowest BCUT2D eigenvalue weighted by Crippen LogP contribution is -2.10. The molecule has 0 saturated heterocycles. The van der Waals surface area contributed by atoms with Crippen LogP contribution in [0.25, 0.3) is 0 Å². The molecule has 2 aromatic rings. The molecule has 0 fully saturated rings. The highest BCUT2D eigenvalue weighted by Crippen LogP contribution is 2.25. The molecule has 0 radical (unpaired) electrons. The van der Waals surface area contributed by atoms with Crippen molar-refractivity contribution in [2.24, 2.45) is 0 Å². The number of nitrogens with one attached hydrogen (secondary N) is 1. The third-order valence-electron chi connectivity index (χ3n) is 2.91. The smallest absolute Gasteiger partial charge is 0.149 e. The van der Waals surface area contributed by atoms with Gasteiger partial charge >= 0.3 is 0 Å². The van der Waals surface area contributed by atoms with Gasteiger partial charge in [0.15, 0.2) is 0 Å². The van der Waals surface area contributed by atoms with Crippen molar-refractivity contribution in [2.75, 3.05) is 11.1 Å². The molecular weight excluding hydrogens is 290 g/mol. The van der Waals surface area contributed by atoms with E-state index < -0.39 is 0 Å². The highest BCUT2D eigenvalue weighted by Gasteiger charge is 2.09. The summed E-state index contributed by atoms with van der Waals surface area (Å²) in [6.07, 6.45) is 1.77. The van der Waals surface area contributed by atoms with Gasteiger partial charge < -0.3 is 11.1 Å². The van der Waals surface area contributed by atoms with E-state index in [2.05, 4.69) is 45.3 Å². The molecular formula is C14H16BrN3. The molecule has 1 aromatic heterocycles. The van der Waals surface area contributed by atoms with E-state index in [1.165, 1.54) is 5.56 Å². The molecule has 1 heterocycles. The maximum atomic E-state index is 6.00. The molecule has 0 bridgehead atoms. The summed E-state index contributed by atoms with van der Waals surface area (Å²) in [6.45, 7) is 4.07. The summed E-state index contributed by atoms with van der Waals surface area (Å²) in [5, 5.41) is 3.34. The van der Waals surface area contributed by atoms with Crippen LogP contribution in [-0.4, -0.2) is 4.98 Å². The number of anilines is 2. The standard InChI is InChI=1S/C14H16BrN3/c1-9-6-7-17-14(13(9)16)18-10(2)11-4-3-5-12(15)8-11/h3-8,10H,16H2,1-2H3,(H,17,18). The number of hydrogen-bond acceptors (Lipinski definition) is 3. The molecule has 18 heavy (non-hydrogen) atoms. The molecule has 0 aliphatic heterocycles. The zero-order valence-electron chi connectivity index (χ0n) is 10.4. The lowest BCUT2D eigenvalue weighted by Gasteiger charge is -2.17. The zero-order valence-corrected chi connectivity index (χ0v) is 12.0. The molecule has 3 nitrogen and oxygen atoms in total. The Morgan fingerprint density at radius 2 is 2.11 bits per heavy atom. The second-order valence-electron chi connectivity index (χ2n) is 4.31. The molecule has 2 rings (SSSR count). The molecule has 0 saturated carbocycles. The number of hydrogen-bond donors (Lipinski definition) is 2. The van der Waals surface area contributed by atoms with Gasteiger partial charge in [0.1, 0.15) is 5.82 Å². The Morgan fingerprint density at radius 3 is 2.83 bits per heavy atom. The van der Waals surface area contributed by atoms with Crippen molar-refractivity contribution in [3.05, 3.63) is 52.1 Å². The molecule has 0 spiro atoms. The molecule has 4 heteroatoms. The Balaban J connectivity index is 2.21. The van der Waals surface area contributed by atoms with E-state index >= 15 is 0 Å². The Bertz CT molecular complexity index is 554. The predicted molar refractivity (Wildman–Crippen MR) is 79.6 cm³/mol. The fourth-order valence-electron chi connectivity index (χ4n) is 1.75. The van der Waals surface area contributed by atoms with E-state index in [-0.39, 0.29) is 6.04 Å². The number of nitrogens with two attached hydrogens (primary N) is 1. The summed E-state index contributed by atoms with van der Waals surface area (Å²) >= 11 is 3.47. The van der Waals surface area contributed by atoms with Crippen LogP contribution < -0.4 is 11.1 Å². The van der Waals surface area contributed by atoms with E-state index in [1.54, 1.807) is 6.20 Å². The lowest BCUT2D eigenvalue weighted by molar-refractivity contribution is 0.874. The first-order valence-corrected chi connectivity index (χ1v) is 6.60. The molecule has 0 aliphatic carbocycles. The van der Waals surface area contributed by atoms with Crippen molar-refractivity contribution in [3.63, 3.8) is 0 Å². The van der Waals surface area contributed by atoms with Crippen LogP contribution in [0.1, 0.15) is 24.1 Å². The second-order valence-corrected chi connectivity index (χ2v) is 5.23. The summed E-state index contributed by atoms with van der Waals surface area (Å²) in [7, 11) is 0. The third kappa shape index (κ3) is 2.82. The maximum Gasteiger partial charge on any atom is 0.149 e. The molecule has 1 atom stereocenters. The van der Waals surface area contributed by atoms with Crippen molar-refractivity contribution in [2.45, 2.75) is 19.9 Å². The fourth-order valence-corrected chi connectivity index (χ4v) is 2.17. The van der Waals surface area contributed by atoms with E-state index in [4.69, 9.17) is 5.73 Å². The first-order chi connectivity index (χ1) is 8.58. The van der Waals surface area contributed by atoms with Crippen molar-refractivity contribution in [1.29, 1.82) is 0 Å². The average Bonchev–Trinajstić information content (AvgIpc) is 2.35. The van der Waals surface area contributed by atoms with Gasteiger partial charge in [-0.1, -0.05) is 28.1 Å². The summed E-state index contributed by atoms with van der Waals surface area (Å²) in [4.78, 5) is 4.28. The van der Waals surface area contributed by atoms with Crippen LogP contribution in [0.2, 0.25) is 0 Å². The SMILES string of the molecule is Cc1ccnc(NC(C)c2cccc(Br)c2)c1N. The average molecular weight is 306 g/mol. The summed E-state index contributed by atoms with van der Waals surface area (Å²) < 4.78 is 1.07. The summed E-state index contributed by atoms with van der Waals surface area (Å²) in [5.74, 6) is 0.738. The third-order valence-corrected chi connectivity index (χ3v) is 3.40. The summed E-state index contributed by atoms with van der Waals surface area (Å²) in [5.41, 5.74) is 8.94. The Kier molecular flexibility index (Phi) is 3.87.